The Labute approximate surface area is 423 Å². The number of amides is 5. The van der Waals surface area contributed by atoms with Gasteiger partial charge in [-0.3, -0.25) is 32.8 Å². The maximum Gasteiger partial charge on any atom is 0.285 e. The third-order valence-corrected chi connectivity index (χ3v) is 13.2. The molecule has 7 N–H and O–H groups in total. The van der Waals surface area contributed by atoms with Crippen LogP contribution in [0.5, 0.6) is 0 Å². The lowest BCUT2D eigenvalue weighted by molar-refractivity contribution is -0.138. The van der Waals surface area contributed by atoms with Crippen molar-refractivity contribution in [3.8, 4) is 69.2 Å². The van der Waals surface area contributed by atoms with Gasteiger partial charge in [-0.15, -0.1) is 0 Å². The highest BCUT2D eigenvalue weighted by Gasteiger charge is 2.44. The molecule has 3 atom stereocenters. The molecule has 0 radical (unpaired) electrons. The van der Waals surface area contributed by atoms with Crippen molar-refractivity contribution in [2.45, 2.75) is 36.1 Å². The second-order valence-electron chi connectivity index (χ2n) is 18.1. The van der Waals surface area contributed by atoms with Gasteiger partial charge < -0.3 is 41.5 Å². The molecule has 0 bridgehead atoms. The van der Waals surface area contributed by atoms with Gasteiger partial charge in [0.2, 0.25) is 28.5 Å². The first kappa shape index (κ1) is 49.2. The molecule has 7 aromatic rings. The van der Waals surface area contributed by atoms with Gasteiger partial charge in [-0.1, -0.05) is 83.5 Å². The summed E-state index contributed by atoms with van der Waals surface area (Å²) in [5.41, 5.74) is 13.1. The smallest absolute Gasteiger partial charge is 0.285 e. The van der Waals surface area contributed by atoms with Crippen LogP contribution in [0.15, 0.2) is 109 Å². The van der Waals surface area contributed by atoms with Crippen LogP contribution in [0.3, 0.4) is 0 Å². The Hall–Kier alpha value is -8.76. The number of aromatic nitrogens is 4. The van der Waals surface area contributed by atoms with Gasteiger partial charge in [0.1, 0.15) is 0 Å². The number of rotatable bonds is 5. The first-order valence-electron chi connectivity index (χ1n) is 22.9. The molecule has 3 aliphatic rings. The van der Waals surface area contributed by atoms with Gasteiger partial charge in [-0.05, 0) is 71.8 Å². The summed E-state index contributed by atoms with van der Waals surface area (Å²) >= 11 is 6.12. The topological polar surface area (TPSA) is 242 Å². The largest absolute Gasteiger partial charge is 0.369 e. The van der Waals surface area contributed by atoms with Crippen LogP contribution < -0.4 is 11.5 Å². The number of nitrogens with zero attached hydrogens (tertiary/aromatic N) is 7. The predicted molar refractivity (Wildman–Crippen MR) is 271 cm³/mol. The molecule has 3 saturated heterocycles. The van der Waals surface area contributed by atoms with Crippen LogP contribution in [0.4, 0.5) is 0 Å². The molecule has 10 rings (SSSR count). The van der Waals surface area contributed by atoms with Crippen molar-refractivity contribution in [1.29, 1.82) is 0 Å². The number of primary amides is 2. The summed E-state index contributed by atoms with van der Waals surface area (Å²) < 4.78 is 3.20. The summed E-state index contributed by atoms with van der Waals surface area (Å²) in [5, 5.41) is 32.3. The quantitative estimate of drug-likeness (QED) is 0.158. The van der Waals surface area contributed by atoms with Crippen molar-refractivity contribution in [3.63, 3.8) is 0 Å². The van der Waals surface area contributed by atoms with Crippen LogP contribution in [0.2, 0.25) is 5.02 Å². The molecule has 17 nitrogen and oxygen atoms in total. The number of benzene rings is 3. The minimum Gasteiger partial charge on any atom is -0.369 e. The predicted octanol–water partition coefficient (Wildman–Crippen LogP) is 3.35. The maximum atomic E-state index is 12.3. The number of hydrogen-bond acceptors (Lipinski definition) is 10. The van der Waals surface area contributed by atoms with Crippen LogP contribution in [0.1, 0.15) is 57.2 Å². The molecule has 7 heterocycles. The number of imidazole rings is 2. The Bertz CT molecular complexity index is 3680. The fourth-order valence-electron chi connectivity index (χ4n) is 8.80. The van der Waals surface area contributed by atoms with Crippen molar-refractivity contribution in [2.75, 3.05) is 40.8 Å². The molecule has 366 valence electrons. The molecule has 3 aliphatic heterocycles. The molecule has 4 aromatic heterocycles. The van der Waals surface area contributed by atoms with Gasteiger partial charge in [0.05, 0.1) is 22.4 Å². The summed E-state index contributed by atoms with van der Waals surface area (Å²) in [6, 6.07) is 28.8. The normalized spacial score (nSPS) is 20.3. The monoisotopic (exact) mass is 995 g/mol. The fraction of sp³-hybridized carbons (Fsp3) is 0.218. The molecule has 0 saturated carbocycles. The number of nitrogens with two attached hydrogens (primary N) is 2. The summed E-state index contributed by atoms with van der Waals surface area (Å²) in [6.07, 6.45) is 4.10. The van der Waals surface area contributed by atoms with E-state index in [2.05, 4.69) is 45.5 Å². The van der Waals surface area contributed by atoms with Gasteiger partial charge in [0.25, 0.3) is 29.5 Å². The lowest BCUT2D eigenvalue weighted by Crippen LogP contribution is -2.37. The second kappa shape index (κ2) is 19.1. The molecule has 5 amide bonds. The first-order chi connectivity index (χ1) is 34.8. The zero-order chi connectivity index (χ0) is 52.0. The SMILES string of the molecule is CN1CC[C@@](O)(C#Cc2cccc(-c3ccn4c(C(N)=O)nc(-c5cccc(C#C[C@]6(O)CCN(C)C6=O)c5)c4c3)c2)C1=O.CN1CC[C@@](O)(C#Cc2cccc(-c3nc(C(N)=O)n4ccc(Cl)cc34)c2)C1=O. The van der Waals surface area contributed by atoms with Crippen molar-refractivity contribution in [3.05, 3.63) is 143 Å². The minimum atomic E-state index is -1.72. The van der Waals surface area contributed by atoms with E-state index in [0.717, 1.165) is 11.1 Å². The fourth-order valence-corrected chi connectivity index (χ4v) is 8.96. The van der Waals surface area contributed by atoms with E-state index in [4.69, 9.17) is 23.1 Å². The number of carbonyl (C=O) groups excluding carboxylic acids is 5. The number of likely N-dealkylation sites (tertiary alicyclic amines) is 3. The second-order valence-corrected chi connectivity index (χ2v) is 18.5. The van der Waals surface area contributed by atoms with Gasteiger partial charge in [-0.2, -0.15) is 0 Å². The van der Waals surface area contributed by atoms with E-state index in [1.54, 1.807) is 96.9 Å². The van der Waals surface area contributed by atoms with E-state index >= 15 is 0 Å². The van der Waals surface area contributed by atoms with Crippen LogP contribution in [0.25, 0.3) is 44.7 Å². The van der Waals surface area contributed by atoms with Gasteiger partial charge >= 0.3 is 0 Å². The third kappa shape index (κ3) is 9.59. The molecule has 73 heavy (non-hydrogen) atoms. The van der Waals surface area contributed by atoms with Crippen molar-refractivity contribution in [1.82, 2.24) is 33.5 Å². The number of carbonyl (C=O) groups is 5. The van der Waals surface area contributed by atoms with E-state index in [-0.39, 0.29) is 30.9 Å². The number of halogens is 1. The van der Waals surface area contributed by atoms with E-state index in [0.29, 0.717) is 74.9 Å². The Morgan fingerprint density at radius 3 is 1.27 bits per heavy atom. The van der Waals surface area contributed by atoms with Gasteiger partial charge in [0.15, 0.2) is 0 Å². The number of aliphatic hydroxyl groups is 3. The molecule has 0 spiro atoms. The van der Waals surface area contributed by atoms with Gasteiger partial charge in [-0.25, -0.2) is 9.97 Å². The Morgan fingerprint density at radius 2 is 0.890 bits per heavy atom. The average Bonchev–Trinajstić information content (AvgIpc) is 4.16. The van der Waals surface area contributed by atoms with E-state index < -0.39 is 46.3 Å². The van der Waals surface area contributed by atoms with Crippen LogP contribution in [-0.2, 0) is 14.4 Å². The lowest BCUT2D eigenvalue weighted by Gasteiger charge is -2.13. The highest BCUT2D eigenvalue weighted by atomic mass is 35.5. The number of hydrogen-bond donors (Lipinski definition) is 5. The number of likely N-dealkylation sites (N-methyl/N-ethyl adjacent to an activating group) is 3. The van der Waals surface area contributed by atoms with E-state index in [9.17, 15) is 39.3 Å². The molecule has 3 fully saturated rings. The lowest BCUT2D eigenvalue weighted by atomic mass is 10.00. The number of fused-ring (bicyclic) bond motifs is 2. The average molecular weight is 996 g/mol. The highest BCUT2D eigenvalue weighted by Crippen LogP contribution is 2.32. The zero-order valence-electron chi connectivity index (χ0n) is 39.7. The molecule has 0 unspecified atom stereocenters. The van der Waals surface area contributed by atoms with E-state index in [1.807, 2.05) is 42.5 Å². The molecule has 18 heteroatoms. The van der Waals surface area contributed by atoms with E-state index in [1.165, 1.54) is 14.7 Å². The molecular formula is C55H46ClN9O8. The molecular weight excluding hydrogens is 950 g/mol. The molecule has 0 aliphatic carbocycles. The Kier molecular flexibility index (Phi) is 12.9. The Balaban J connectivity index is 0.000000196. The number of pyridine rings is 2. The maximum absolute atomic E-state index is 12.3. The van der Waals surface area contributed by atoms with Crippen molar-refractivity contribution in [2.24, 2.45) is 11.5 Å². The van der Waals surface area contributed by atoms with Crippen LogP contribution in [0, 0.1) is 35.5 Å². The summed E-state index contributed by atoms with van der Waals surface area (Å²) in [5.74, 6) is 14.5. The minimum absolute atomic E-state index is 0.0611. The summed E-state index contributed by atoms with van der Waals surface area (Å²) in [4.78, 5) is 74.1. The highest BCUT2D eigenvalue weighted by molar-refractivity contribution is 6.31. The summed E-state index contributed by atoms with van der Waals surface area (Å²) in [6.45, 7) is 1.33. The van der Waals surface area contributed by atoms with Gasteiger partial charge in [0, 0.05) is 105 Å². The standard InChI is InChI=1S/C34H29N5O5.C21H17ClN4O3/c1-37-17-14-33(43,31(37)41)12-9-22-5-3-7-24(19-22)25-11-16-39-27(21-25)28(36-30(39)29(35)40)26-8-4-6-23(20-26)10-13-34(44)15-18-38(2)32(34)42;1-25-10-8-21(29,20(25)28)7-5-13-3-2-4-14(11-13)17-16-12-15(22)6-9-26(16)19(24-17)18(23)27/h3-8,11,16,19-21,43-44H,14-15,17-18H2,1-2H3,(H2,35,40);2-4,6,9,11-12,29H,8,10H2,1H3,(H2,23,27)/t33-,34-;21-/m00/s1. The van der Waals surface area contributed by atoms with Crippen LogP contribution >= 0.6 is 11.6 Å². The molecule has 3 aromatic carbocycles. The van der Waals surface area contributed by atoms with Crippen molar-refractivity contribution < 1.29 is 39.3 Å². The van der Waals surface area contributed by atoms with Crippen molar-refractivity contribution >= 4 is 52.2 Å². The summed E-state index contributed by atoms with van der Waals surface area (Å²) in [7, 11) is 4.90. The third-order valence-electron chi connectivity index (χ3n) is 12.9. The first-order valence-corrected chi connectivity index (χ1v) is 23.3. The Morgan fingerprint density at radius 1 is 0.534 bits per heavy atom. The zero-order valence-corrected chi connectivity index (χ0v) is 40.4. The van der Waals surface area contributed by atoms with Crippen LogP contribution in [-0.4, -0.2) is 136 Å².